The Kier molecular flexibility index (Phi) is 5.38. The highest BCUT2D eigenvalue weighted by Gasteiger charge is 2.34. The summed E-state index contributed by atoms with van der Waals surface area (Å²) >= 11 is 0. The second kappa shape index (κ2) is 7.10. The van der Waals surface area contributed by atoms with Crippen molar-refractivity contribution in [3.63, 3.8) is 0 Å². The van der Waals surface area contributed by atoms with Crippen LogP contribution in [0.25, 0.3) is 0 Å². The first-order valence-electron chi connectivity index (χ1n) is 7.44. The largest absolute Gasteiger partial charge is 0.480 e. The fourth-order valence-corrected chi connectivity index (χ4v) is 3.08. The summed E-state index contributed by atoms with van der Waals surface area (Å²) in [6.45, 7) is 2.15. The van der Waals surface area contributed by atoms with E-state index in [1.165, 1.54) is 4.90 Å². The highest BCUT2D eigenvalue weighted by molar-refractivity contribution is 7.89. The van der Waals surface area contributed by atoms with Gasteiger partial charge in [-0.15, -0.1) is 0 Å². The van der Waals surface area contributed by atoms with Gasteiger partial charge in [0.2, 0.25) is 10.0 Å². The summed E-state index contributed by atoms with van der Waals surface area (Å²) in [4.78, 5) is 24.9. The number of nitrogens with zero attached hydrogens (tertiary/aromatic N) is 1. The third-order valence-electron chi connectivity index (χ3n) is 3.88. The first-order chi connectivity index (χ1) is 10.8. The number of likely N-dealkylation sites (tertiary alicyclic amines) is 1. The number of benzene rings is 1. The Labute approximate surface area is 135 Å². The monoisotopic (exact) mass is 340 g/mol. The van der Waals surface area contributed by atoms with Crippen LogP contribution in [0.4, 0.5) is 0 Å². The number of nitrogens with one attached hydrogen (secondary N) is 1. The van der Waals surface area contributed by atoms with Gasteiger partial charge >= 0.3 is 5.97 Å². The maximum Gasteiger partial charge on any atom is 0.326 e. The fraction of sp³-hybridized carbons (Fsp3) is 0.467. The predicted octanol–water partition coefficient (Wildman–Crippen LogP) is 0.815. The third kappa shape index (κ3) is 4.29. The molecule has 0 spiro atoms. The normalized spacial score (nSPS) is 18.1. The number of carbonyl (C=O) groups excluding carboxylic acids is 1. The molecule has 8 heteroatoms. The molecule has 1 aromatic rings. The Morgan fingerprint density at radius 3 is 2.52 bits per heavy atom. The molecule has 0 aliphatic carbocycles. The first-order valence-corrected chi connectivity index (χ1v) is 9.09. The molecule has 0 radical (unpaired) electrons. The summed E-state index contributed by atoms with van der Waals surface area (Å²) in [5.74, 6) is -1.29. The van der Waals surface area contributed by atoms with E-state index in [9.17, 15) is 18.0 Å². The van der Waals surface area contributed by atoms with Crippen LogP contribution in [0, 0.1) is 0 Å². The van der Waals surface area contributed by atoms with Crippen molar-refractivity contribution >= 4 is 21.9 Å². The van der Waals surface area contributed by atoms with E-state index in [1.54, 1.807) is 31.2 Å². The molecule has 2 rings (SSSR count). The summed E-state index contributed by atoms with van der Waals surface area (Å²) in [7, 11) is -3.26. The van der Waals surface area contributed by atoms with Gasteiger partial charge in [-0.25, -0.2) is 17.9 Å². The maximum atomic E-state index is 12.4. The number of aliphatic carboxylic acids is 1. The lowest BCUT2D eigenvalue weighted by atomic mass is 10.1. The molecular weight excluding hydrogens is 320 g/mol. The number of carbonyl (C=O) groups is 2. The van der Waals surface area contributed by atoms with Crippen molar-refractivity contribution in [3.05, 3.63) is 35.4 Å². The number of rotatable bonds is 6. The van der Waals surface area contributed by atoms with Crippen LogP contribution < -0.4 is 4.72 Å². The van der Waals surface area contributed by atoms with E-state index < -0.39 is 22.0 Å². The van der Waals surface area contributed by atoms with E-state index in [-0.39, 0.29) is 18.2 Å². The first kappa shape index (κ1) is 17.4. The van der Waals surface area contributed by atoms with Gasteiger partial charge < -0.3 is 10.0 Å². The van der Waals surface area contributed by atoms with Crippen molar-refractivity contribution in [1.29, 1.82) is 0 Å². The van der Waals surface area contributed by atoms with E-state index in [4.69, 9.17) is 5.11 Å². The smallest absolute Gasteiger partial charge is 0.326 e. The van der Waals surface area contributed by atoms with Gasteiger partial charge in [0.15, 0.2) is 0 Å². The number of amides is 1. The molecule has 1 aromatic carbocycles. The second-order valence-corrected chi connectivity index (χ2v) is 7.51. The highest BCUT2D eigenvalue weighted by Crippen LogP contribution is 2.20. The molecule has 1 aliphatic rings. The minimum atomic E-state index is -3.26. The molecule has 0 bridgehead atoms. The van der Waals surface area contributed by atoms with Crippen molar-refractivity contribution in [2.24, 2.45) is 0 Å². The predicted molar refractivity (Wildman–Crippen MR) is 84.4 cm³/mol. The molecule has 1 heterocycles. The van der Waals surface area contributed by atoms with Crippen LogP contribution in [0.3, 0.4) is 0 Å². The molecule has 1 saturated heterocycles. The lowest BCUT2D eigenvalue weighted by Gasteiger charge is -2.21. The van der Waals surface area contributed by atoms with Gasteiger partial charge in [0.05, 0.1) is 5.75 Å². The van der Waals surface area contributed by atoms with Crippen LogP contribution in [0.2, 0.25) is 0 Å². The Morgan fingerprint density at radius 2 is 1.96 bits per heavy atom. The average molecular weight is 340 g/mol. The van der Waals surface area contributed by atoms with Crippen LogP contribution in [-0.2, 0) is 21.4 Å². The Morgan fingerprint density at radius 1 is 1.30 bits per heavy atom. The minimum Gasteiger partial charge on any atom is -0.480 e. The van der Waals surface area contributed by atoms with Crippen molar-refractivity contribution in [3.8, 4) is 0 Å². The van der Waals surface area contributed by atoms with Gasteiger partial charge in [-0.05, 0) is 37.5 Å². The van der Waals surface area contributed by atoms with Crippen molar-refractivity contribution in [2.75, 3.05) is 12.3 Å². The lowest BCUT2D eigenvalue weighted by Crippen LogP contribution is -2.40. The zero-order chi connectivity index (χ0) is 17.0. The van der Waals surface area contributed by atoms with Crippen LogP contribution in [0.5, 0.6) is 0 Å². The van der Waals surface area contributed by atoms with Crippen LogP contribution in [0.15, 0.2) is 24.3 Å². The molecule has 1 fully saturated rings. The van der Waals surface area contributed by atoms with Gasteiger partial charge in [0.1, 0.15) is 6.04 Å². The van der Waals surface area contributed by atoms with E-state index in [0.717, 1.165) is 5.56 Å². The standard InChI is InChI=1S/C15H20N2O5S/c1-2-23(21,22)16-10-11-5-7-12(8-6-11)14(18)17-9-3-4-13(17)15(19)20/h5-8,13,16H,2-4,9-10H2,1H3,(H,19,20)/t13-/m1/s1. The quantitative estimate of drug-likeness (QED) is 0.798. The van der Waals surface area contributed by atoms with Gasteiger partial charge in [0, 0.05) is 18.7 Å². The van der Waals surface area contributed by atoms with Gasteiger partial charge in [-0.2, -0.15) is 0 Å². The Balaban J connectivity index is 2.04. The van der Waals surface area contributed by atoms with Gasteiger partial charge in [-0.1, -0.05) is 12.1 Å². The molecule has 126 valence electrons. The summed E-state index contributed by atoms with van der Waals surface area (Å²) in [6, 6.07) is 5.75. The average Bonchev–Trinajstić information content (AvgIpc) is 3.03. The molecule has 0 aromatic heterocycles. The molecule has 0 saturated carbocycles. The maximum absolute atomic E-state index is 12.4. The SMILES string of the molecule is CCS(=O)(=O)NCc1ccc(C(=O)N2CCC[C@@H]2C(=O)O)cc1. The topological polar surface area (TPSA) is 104 Å². The van der Waals surface area contributed by atoms with Crippen LogP contribution in [0.1, 0.15) is 35.7 Å². The van der Waals surface area contributed by atoms with E-state index in [0.29, 0.717) is 24.9 Å². The Bertz CT molecular complexity index is 684. The summed E-state index contributed by atoms with van der Waals surface area (Å²) in [5, 5.41) is 9.13. The number of sulfonamides is 1. The molecule has 23 heavy (non-hydrogen) atoms. The summed E-state index contributed by atoms with van der Waals surface area (Å²) < 4.78 is 25.2. The fourth-order valence-electron chi connectivity index (χ4n) is 2.49. The molecule has 2 N–H and O–H groups in total. The van der Waals surface area contributed by atoms with Crippen molar-refractivity contribution in [1.82, 2.24) is 9.62 Å². The number of carboxylic acid groups (broad SMARTS) is 1. The number of hydrogen-bond donors (Lipinski definition) is 2. The second-order valence-electron chi connectivity index (χ2n) is 5.42. The summed E-state index contributed by atoms with van der Waals surface area (Å²) in [5.41, 5.74) is 1.13. The minimum absolute atomic E-state index is 0.00903. The zero-order valence-electron chi connectivity index (χ0n) is 12.9. The van der Waals surface area contributed by atoms with Crippen LogP contribution in [-0.4, -0.2) is 48.6 Å². The van der Waals surface area contributed by atoms with E-state index >= 15 is 0 Å². The molecule has 1 atom stereocenters. The van der Waals surface area contributed by atoms with Gasteiger partial charge in [0.25, 0.3) is 5.91 Å². The van der Waals surface area contributed by atoms with Crippen molar-refractivity contribution in [2.45, 2.75) is 32.4 Å². The Hall–Kier alpha value is -1.93. The highest BCUT2D eigenvalue weighted by atomic mass is 32.2. The van der Waals surface area contributed by atoms with E-state index in [1.807, 2.05) is 0 Å². The van der Waals surface area contributed by atoms with Crippen LogP contribution >= 0.6 is 0 Å². The number of hydrogen-bond acceptors (Lipinski definition) is 4. The summed E-state index contributed by atoms with van der Waals surface area (Å²) in [6.07, 6.45) is 1.15. The molecular formula is C15H20N2O5S. The molecule has 1 amide bonds. The lowest BCUT2D eigenvalue weighted by molar-refractivity contribution is -0.141. The molecule has 1 aliphatic heterocycles. The number of carboxylic acids is 1. The van der Waals surface area contributed by atoms with E-state index in [2.05, 4.69) is 4.72 Å². The molecule has 7 nitrogen and oxygen atoms in total. The zero-order valence-corrected chi connectivity index (χ0v) is 13.7. The third-order valence-corrected chi connectivity index (χ3v) is 5.22. The van der Waals surface area contributed by atoms with Gasteiger partial charge in [-0.3, -0.25) is 4.79 Å². The van der Waals surface area contributed by atoms with Crippen molar-refractivity contribution < 1.29 is 23.1 Å². The molecule has 0 unspecified atom stereocenters.